The number of anilines is 1. The number of nitrogens with zero attached hydrogens (tertiary/aromatic N) is 2. The summed E-state index contributed by atoms with van der Waals surface area (Å²) in [5, 5.41) is -0.535. The lowest BCUT2D eigenvalue weighted by Crippen LogP contribution is -2.24. The predicted molar refractivity (Wildman–Crippen MR) is 162 cm³/mol. The molecule has 0 amide bonds. The van der Waals surface area contributed by atoms with Crippen LogP contribution in [-0.2, 0) is 27.7 Å². The Morgan fingerprint density at radius 2 is 1.73 bits per heavy atom. The number of nitrogens with one attached hydrogen (secondary N) is 1. The monoisotopic (exact) mass is 561 g/mol. The summed E-state index contributed by atoms with van der Waals surface area (Å²) in [5.74, 6) is 0.626. The molecule has 0 atom stereocenters. The maximum absolute atomic E-state index is 12.9. The number of fused-ring (bicyclic) bond motifs is 1. The van der Waals surface area contributed by atoms with Crippen molar-refractivity contribution in [1.82, 2.24) is 9.55 Å². The van der Waals surface area contributed by atoms with Crippen molar-refractivity contribution in [2.24, 2.45) is 0 Å². The lowest BCUT2D eigenvalue weighted by molar-refractivity contribution is 0.00704. The summed E-state index contributed by atoms with van der Waals surface area (Å²) in [6.07, 6.45) is 2.89. The van der Waals surface area contributed by atoms with Crippen molar-refractivity contribution in [3.63, 3.8) is 0 Å². The van der Waals surface area contributed by atoms with Crippen LogP contribution in [0.1, 0.15) is 76.1 Å². The van der Waals surface area contributed by atoms with Gasteiger partial charge in [-0.05, 0) is 82.0 Å². The Balaban J connectivity index is 1.66. The second-order valence-electron chi connectivity index (χ2n) is 11.4. The van der Waals surface area contributed by atoms with Gasteiger partial charge >= 0.3 is 5.97 Å². The van der Waals surface area contributed by atoms with Crippen LogP contribution >= 0.6 is 0 Å². The van der Waals surface area contributed by atoms with Crippen LogP contribution in [0.5, 0.6) is 0 Å². The second kappa shape index (κ2) is 11.8. The lowest BCUT2D eigenvalue weighted by atomic mass is 9.98. The summed E-state index contributed by atoms with van der Waals surface area (Å²) in [6, 6.07) is 21.1. The number of unbranched alkanes of at least 4 members (excludes halogenated alkanes) is 1. The first-order chi connectivity index (χ1) is 18.9. The van der Waals surface area contributed by atoms with Crippen LogP contribution in [0.15, 0.2) is 66.7 Å². The molecule has 0 radical (unpaired) electrons. The van der Waals surface area contributed by atoms with E-state index in [-0.39, 0.29) is 5.97 Å². The molecule has 0 bridgehead atoms. The first-order valence-corrected chi connectivity index (χ1v) is 15.3. The van der Waals surface area contributed by atoms with Crippen LogP contribution < -0.4 is 4.72 Å². The first kappa shape index (κ1) is 29.3. The molecular formula is C32H39N3O4S. The topological polar surface area (TPSA) is 90.3 Å². The van der Waals surface area contributed by atoms with Gasteiger partial charge in [-0.2, -0.15) is 0 Å². The van der Waals surface area contributed by atoms with Crippen LogP contribution in [-0.4, -0.2) is 34.8 Å². The highest BCUT2D eigenvalue weighted by atomic mass is 32.2. The number of aromatic nitrogens is 2. The third kappa shape index (κ3) is 6.91. The average Bonchev–Trinajstić information content (AvgIpc) is 3.23. The van der Waals surface area contributed by atoms with Crippen LogP contribution in [0.2, 0.25) is 0 Å². The zero-order chi connectivity index (χ0) is 29.1. The van der Waals surface area contributed by atoms with Gasteiger partial charge in [0.1, 0.15) is 11.4 Å². The molecule has 212 valence electrons. The number of carbonyl (C=O) groups is 1. The smallest absolute Gasteiger partial charge is 0.339 e. The molecular weight excluding hydrogens is 522 g/mol. The van der Waals surface area contributed by atoms with Crippen molar-refractivity contribution in [2.75, 3.05) is 4.72 Å². The van der Waals surface area contributed by atoms with E-state index in [0.29, 0.717) is 17.8 Å². The molecule has 4 aromatic rings. The summed E-state index contributed by atoms with van der Waals surface area (Å²) in [6.45, 7) is 11.6. The van der Waals surface area contributed by atoms with Crippen LogP contribution in [0.25, 0.3) is 22.2 Å². The third-order valence-electron chi connectivity index (χ3n) is 6.61. The number of ether oxygens (including phenoxy) is 1. The number of imidazole rings is 1. The van der Waals surface area contributed by atoms with Crippen molar-refractivity contribution in [2.45, 2.75) is 78.2 Å². The highest BCUT2D eigenvalue weighted by molar-refractivity contribution is 7.93. The predicted octanol–water partition coefficient (Wildman–Crippen LogP) is 7.20. The summed E-state index contributed by atoms with van der Waals surface area (Å²) in [4.78, 5) is 17.7. The highest BCUT2D eigenvalue weighted by Crippen LogP contribution is 2.28. The molecule has 0 saturated heterocycles. The van der Waals surface area contributed by atoms with E-state index in [4.69, 9.17) is 9.72 Å². The summed E-state index contributed by atoms with van der Waals surface area (Å²) < 4.78 is 35.5. The van der Waals surface area contributed by atoms with E-state index in [1.807, 2.05) is 63.2 Å². The Hall–Kier alpha value is -3.65. The summed E-state index contributed by atoms with van der Waals surface area (Å²) in [5.41, 5.74) is 5.02. The Bertz CT molecular complexity index is 1600. The number of aryl methyl sites for hydroxylation is 1. The van der Waals surface area contributed by atoms with Gasteiger partial charge in [-0.15, -0.1) is 0 Å². The largest absolute Gasteiger partial charge is 0.456 e. The molecule has 40 heavy (non-hydrogen) atoms. The van der Waals surface area contributed by atoms with E-state index in [1.165, 1.54) is 0 Å². The number of hydrogen-bond acceptors (Lipinski definition) is 5. The Kier molecular flexibility index (Phi) is 8.68. The number of esters is 1. The van der Waals surface area contributed by atoms with E-state index in [1.54, 1.807) is 26.0 Å². The second-order valence-corrected chi connectivity index (χ2v) is 13.6. The van der Waals surface area contributed by atoms with E-state index < -0.39 is 20.9 Å². The average molecular weight is 562 g/mol. The van der Waals surface area contributed by atoms with Gasteiger partial charge in [0.05, 0.1) is 27.5 Å². The molecule has 7 nitrogen and oxygen atoms in total. The van der Waals surface area contributed by atoms with Crippen molar-refractivity contribution in [3.05, 3.63) is 83.7 Å². The molecule has 0 aliphatic carbocycles. The number of rotatable bonds is 10. The Morgan fingerprint density at radius 3 is 2.38 bits per heavy atom. The van der Waals surface area contributed by atoms with Gasteiger partial charge in [-0.1, -0.05) is 55.8 Å². The summed E-state index contributed by atoms with van der Waals surface area (Å²) >= 11 is 0. The molecule has 0 unspecified atom stereocenters. The minimum absolute atomic E-state index is 0.346. The molecule has 3 aromatic carbocycles. The normalized spacial score (nSPS) is 12.2. The molecule has 1 N–H and O–H groups in total. The molecule has 4 rings (SSSR count). The zero-order valence-corrected chi connectivity index (χ0v) is 25.0. The fourth-order valence-electron chi connectivity index (χ4n) is 4.44. The van der Waals surface area contributed by atoms with Gasteiger partial charge in [-0.3, -0.25) is 4.72 Å². The van der Waals surface area contributed by atoms with Crippen molar-refractivity contribution < 1.29 is 17.9 Å². The van der Waals surface area contributed by atoms with E-state index in [0.717, 1.165) is 52.8 Å². The van der Waals surface area contributed by atoms with Crippen LogP contribution in [0, 0.1) is 0 Å². The molecule has 0 aliphatic heterocycles. The van der Waals surface area contributed by atoms with Gasteiger partial charge in [0.15, 0.2) is 0 Å². The van der Waals surface area contributed by atoms with Crippen molar-refractivity contribution in [1.29, 1.82) is 0 Å². The lowest BCUT2D eigenvalue weighted by Gasteiger charge is -2.20. The molecule has 0 fully saturated rings. The van der Waals surface area contributed by atoms with E-state index >= 15 is 0 Å². The van der Waals surface area contributed by atoms with E-state index in [9.17, 15) is 13.2 Å². The number of sulfonamides is 1. The highest BCUT2D eigenvalue weighted by Gasteiger charge is 2.21. The Morgan fingerprint density at radius 1 is 1.02 bits per heavy atom. The maximum atomic E-state index is 12.9. The molecule has 1 aromatic heterocycles. The fraction of sp³-hybridized carbons (Fsp3) is 0.375. The third-order valence-corrected chi connectivity index (χ3v) is 8.37. The summed E-state index contributed by atoms with van der Waals surface area (Å²) in [7, 11) is -3.46. The molecule has 0 aliphatic rings. The van der Waals surface area contributed by atoms with Crippen molar-refractivity contribution >= 4 is 32.7 Å². The minimum atomic E-state index is -3.46. The fourth-order valence-corrected chi connectivity index (χ4v) is 5.13. The number of carbonyl (C=O) groups excluding carboxylic acids is 1. The van der Waals surface area contributed by atoms with E-state index in [2.05, 4.69) is 28.3 Å². The van der Waals surface area contributed by atoms with Crippen molar-refractivity contribution in [3.8, 4) is 11.1 Å². The van der Waals surface area contributed by atoms with Gasteiger partial charge in [0.25, 0.3) is 0 Å². The van der Waals surface area contributed by atoms with Gasteiger partial charge in [0, 0.05) is 13.0 Å². The van der Waals surface area contributed by atoms with Gasteiger partial charge < -0.3 is 9.30 Å². The maximum Gasteiger partial charge on any atom is 0.339 e. The SMILES string of the molecule is CCCCc1nc2ccc(NS(=O)(=O)C(C)C)cc2n1Cc1ccc(-c2ccccc2C(=O)OC(C)(C)C)cc1. The molecule has 0 saturated carbocycles. The zero-order valence-electron chi connectivity index (χ0n) is 24.2. The van der Waals surface area contributed by atoms with Gasteiger partial charge in [0.2, 0.25) is 10.0 Å². The Labute approximate surface area is 237 Å². The molecule has 0 spiro atoms. The number of hydrogen-bond donors (Lipinski definition) is 1. The molecule has 8 heteroatoms. The minimum Gasteiger partial charge on any atom is -0.456 e. The first-order valence-electron chi connectivity index (χ1n) is 13.8. The quantitative estimate of drug-likeness (QED) is 0.207. The molecule has 1 heterocycles. The number of benzene rings is 3. The van der Waals surface area contributed by atoms with Crippen LogP contribution in [0.3, 0.4) is 0 Å². The van der Waals surface area contributed by atoms with Crippen LogP contribution in [0.4, 0.5) is 5.69 Å². The van der Waals surface area contributed by atoms with Gasteiger partial charge in [-0.25, -0.2) is 18.2 Å². The standard InChI is InChI=1S/C32H39N3O4S/c1-7-8-13-30-33-28-19-18-25(34-40(37,38)22(2)3)20-29(28)35(30)21-23-14-16-24(17-15-23)26-11-9-10-12-27(26)31(36)39-32(4,5)6/h9-12,14-20,22,34H,7-8,13,21H2,1-6H3.